The molecule has 1 fully saturated rings. The van der Waals surface area contributed by atoms with Crippen molar-refractivity contribution in [2.24, 2.45) is 0 Å². The van der Waals surface area contributed by atoms with Crippen molar-refractivity contribution in [3.63, 3.8) is 0 Å². The second-order valence-electron chi connectivity index (χ2n) is 6.41. The van der Waals surface area contributed by atoms with E-state index in [1.165, 1.54) is 17.0 Å². The Bertz CT molecular complexity index is 834. The van der Waals surface area contributed by atoms with Crippen molar-refractivity contribution in [2.45, 2.75) is 26.8 Å². The molecule has 1 heterocycles. The highest BCUT2D eigenvalue weighted by molar-refractivity contribution is 6.03. The summed E-state index contributed by atoms with van der Waals surface area (Å²) in [6, 6.07) is 11.1. The van der Waals surface area contributed by atoms with E-state index < -0.39 is 17.8 Å². The lowest BCUT2D eigenvalue weighted by atomic mass is 10.1. The van der Waals surface area contributed by atoms with Gasteiger partial charge in [-0.2, -0.15) is 0 Å². The molecule has 4 nitrogen and oxygen atoms in total. The molecular weight excluding hydrogens is 319 g/mol. The zero-order valence-electron chi connectivity index (χ0n) is 14.6. The van der Waals surface area contributed by atoms with Gasteiger partial charge in [0.1, 0.15) is 11.9 Å². The van der Waals surface area contributed by atoms with Crippen LogP contribution >= 0.6 is 0 Å². The molecule has 2 amide bonds. The van der Waals surface area contributed by atoms with Gasteiger partial charge in [0.2, 0.25) is 5.91 Å². The van der Waals surface area contributed by atoms with Crippen LogP contribution in [0.25, 0.3) is 0 Å². The highest BCUT2D eigenvalue weighted by atomic mass is 19.1. The highest BCUT2D eigenvalue weighted by Crippen LogP contribution is 2.24. The molecular formula is C20H21FN2O2. The molecule has 0 unspecified atom stereocenters. The van der Waals surface area contributed by atoms with Gasteiger partial charge in [-0.25, -0.2) is 4.39 Å². The van der Waals surface area contributed by atoms with Gasteiger partial charge in [-0.15, -0.1) is 0 Å². The highest BCUT2D eigenvalue weighted by Gasteiger charge is 2.36. The number of benzene rings is 2. The fraction of sp³-hybridized carbons (Fsp3) is 0.300. The minimum atomic E-state index is -0.637. The number of rotatable bonds is 2. The maximum atomic E-state index is 13.9. The standard InChI is InChI=1S/C20H21FN2O2/c1-13-8-9-16(12-14(13)2)23-11-10-22(15(3)19(23)24)20(25)17-6-4-5-7-18(17)21/h4-9,12,15H,10-11H2,1-3H3/t15-/m1/s1. The monoisotopic (exact) mass is 340 g/mol. The fourth-order valence-corrected chi connectivity index (χ4v) is 3.09. The smallest absolute Gasteiger partial charge is 0.257 e. The zero-order valence-corrected chi connectivity index (χ0v) is 14.6. The van der Waals surface area contributed by atoms with E-state index in [4.69, 9.17) is 0 Å². The fourth-order valence-electron chi connectivity index (χ4n) is 3.09. The Morgan fingerprint density at radius 3 is 2.48 bits per heavy atom. The Morgan fingerprint density at radius 1 is 1.08 bits per heavy atom. The van der Waals surface area contributed by atoms with Crippen molar-refractivity contribution in [3.8, 4) is 0 Å². The second kappa shape index (κ2) is 6.67. The number of hydrogen-bond acceptors (Lipinski definition) is 2. The van der Waals surface area contributed by atoms with E-state index in [-0.39, 0.29) is 11.5 Å². The number of carbonyl (C=O) groups is 2. The predicted molar refractivity (Wildman–Crippen MR) is 95.2 cm³/mol. The van der Waals surface area contributed by atoms with Crippen LogP contribution in [0.4, 0.5) is 10.1 Å². The Morgan fingerprint density at radius 2 is 1.80 bits per heavy atom. The molecule has 2 aromatic carbocycles. The van der Waals surface area contributed by atoms with Gasteiger partial charge in [0.05, 0.1) is 5.56 Å². The van der Waals surface area contributed by atoms with E-state index in [0.29, 0.717) is 13.1 Å². The van der Waals surface area contributed by atoms with Crippen LogP contribution in [0.3, 0.4) is 0 Å². The Labute approximate surface area is 146 Å². The van der Waals surface area contributed by atoms with E-state index in [2.05, 4.69) is 0 Å². The van der Waals surface area contributed by atoms with Crippen LogP contribution in [0, 0.1) is 19.7 Å². The first-order chi connectivity index (χ1) is 11.9. The molecule has 0 spiro atoms. The molecule has 0 aromatic heterocycles. The number of anilines is 1. The minimum Gasteiger partial charge on any atom is -0.325 e. The molecule has 5 heteroatoms. The van der Waals surface area contributed by atoms with Gasteiger partial charge in [-0.3, -0.25) is 9.59 Å². The van der Waals surface area contributed by atoms with E-state index in [1.807, 2.05) is 32.0 Å². The summed E-state index contributed by atoms with van der Waals surface area (Å²) in [5, 5.41) is 0. The Balaban J connectivity index is 1.83. The number of amides is 2. The minimum absolute atomic E-state index is 0.00165. The van der Waals surface area contributed by atoms with Gasteiger partial charge in [0, 0.05) is 18.8 Å². The third kappa shape index (κ3) is 3.14. The number of carbonyl (C=O) groups excluding carboxylic acids is 2. The van der Waals surface area contributed by atoms with Crippen LogP contribution in [0.5, 0.6) is 0 Å². The molecule has 0 N–H and O–H groups in total. The van der Waals surface area contributed by atoms with Crippen LogP contribution in [-0.2, 0) is 4.79 Å². The Hall–Kier alpha value is -2.69. The van der Waals surface area contributed by atoms with Crippen molar-refractivity contribution in [3.05, 3.63) is 65.0 Å². The average Bonchev–Trinajstić information content (AvgIpc) is 2.60. The normalized spacial score (nSPS) is 17.8. The lowest BCUT2D eigenvalue weighted by Crippen LogP contribution is -2.57. The molecule has 2 aromatic rings. The zero-order chi connectivity index (χ0) is 18.1. The summed E-state index contributed by atoms with van der Waals surface area (Å²) in [5.41, 5.74) is 3.11. The lowest BCUT2D eigenvalue weighted by molar-refractivity contribution is -0.124. The number of piperazine rings is 1. The maximum absolute atomic E-state index is 13.9. The molecule has 1 aliphatic rings. The number of aryl methyl sites for hydroxylation is 2. The Kier molecular flexibility index (Phi) is 4.57. The van der Waals surface area contributed by atoms with E-state index in [0.717, 1.165) is 16.8 Å². The number of halogens is 1. The van der Waals surface area contributed by atoms with Crippen LogP contribution in [0.2, 0.25) is 0 Å². The topological polar surface area (TPSA) is 40.6 Å². The summed E-state index contributed by atoms with van der Waals surface area (Å²) in [6.07, 6.45) is 0. The molecule has 0 aliphatic carbocycles. The van der Waals surface area contributed by atoms with Gasteiger partial charge in [-0.1, -0.05) is 18.2 Å². The van der Waals surface area contributed by atoms with Crippen LogP contribution in [-0.4, -0.2) is 35.8 Å². The summed E-state index contributed by atoms with van der Waals surface area (Å²) >= 11 is 0. The largest absolute Gasteiger partial charge is 0.325 e. The van der Waals surface area contributed by atoms with Crippen molar-refractivity contribution in [1.29, 1.82) is 0 Å². The summed E-state index contributed by atoms with van der Waals surface area (Å²) in [4.78, 5) is 28.6. The number of nitrogens with zero attached hydrogens (tertiary/aromatic N) is 2. The molecule has 25 heavy (non-hydrogen) atoms. The SMILES string of the molecule is Cc1ccc(N2CCN(C(=O)c3ccccc3F)[C@H](C)C2=O)cc1C. The van der Waals surface area contributed by atoms with Gasteiger partial charge >= 0.3 is 0 Å². The van der Waals surface area contributed by atoms with E-state index in [1.54, 1.807) is 24.0 Å². The average molecular weight is 340 g/mol. The molecule has 1 saturated heterocycles. The summed E-state index contributed by atoms with van der Waals surface area (Å²) < 4.78 is 13.9. The van der Waals surface area contributed by atoms with E-state index >= 15 is 0 Å². The molecule has 130 valence electrons. The molecule has 3 rings (SSSR count). The third-order valence-electron chi connectivity index (χ3n) is 4.82. The van der Waals surface area contributed by atoms with Gasteiger partial charge in [-0.05, 0) is 56.2 Å². The first-order valence-electron chi connectivity index (χ1n) is 8.34. The van der Waals surface area contributed by atoms with Gasteiger partial charge in [0.15, 0.2) is 0 Å². The second-order valence-corrected chi connectivity index (χ2v) is 6.41. The van der Waals surface area contributed by atoms with Crippen LogP contribution in [0.1, 0.15) is 28.4 Å². The van der Waals surface area contributed by atoms with Crippen molar-refractivity contribution in [1.82, 2.24) is 4.90 Å². The lowest BCUT2D eigenvalue weighted by Gasteiger charge is -2.39. The van der Waals surface area contributed by atoms with Crippen molar-refractivity contribution < 1.29 is 14.0 Å². The maximum Gasteiger partial charge on any atom is 0.257 e. The molecule has 1 aliphatic heterocycles. The van der Waals surface area contributed by atoms with Gasteiger partial charge in [0.25, 0.3) is 5.91 Å². The molecule has 0 radical (unpaired) electrons. The van der Waals surface area contributed by atoms with Crippen LogP contribution in [0.15, 0.2) is 42.5 Å². The van der Waals surface area contributed by atoms with Crippen LogP contribution < -0.4 is 4.90 Å². The first-order valence-corrected chi connectivity index (χ1v) is 8.34. The predicted octanol–water partition coefficient (Wildman–Crippen LogP) is 3.32. The molecule has 0 saturated carbocycles. The molecule has 1 atom stereocenters. The quantitative estimate of drug-likeness (QED) is 0.841. The summed E-state index contributed by atoms with van der Waals surface area (Å²) in [6.45, 7) is 6.48. The van der Waals surface area contributed by atoms with Gasteiger partial charge < -0.3 is 9.80 Å². The summed E-state index contributed by atoms with van der Waals surface area (Å²) in [5.74, 6) is -1.17. The van der Waals surface area contributed by atoms with E-state index in [9.17, 15) is 14.0 Å². The first kappa shape index (κ1) is 17.1. The molecule has 0 bridgehead atoms. The summed E-state index contributed by atoms with van der Waals surface area (Å²) in [7, 11) is 0. The third-order valence-corrected chi connectivity index (χ3v) is 4.82. The van der Waals surface area contributed by atoms with Crippen molar-refractivity contribution >= 4 is 17.5 Å². The number of hydrogen-bond donors (Lipinski definition) is 0. The van der Waals surface area contributed by atoms with Crippen molar-refractivity contribution in [2.75, 3.05) is 18.0 Å².